The van der Waals surface area contributed by atoms with Gasteiger partial charge in [-0.2, -0.15) is 0 Å². The molecule has 0 aliphatic carbocycles. The van der Waals surface area contributed by atoms with Crippen LogP contribution in [0, 0.1) is 6.92 Å². The average molecular weight is 264 g/mol. The SMILES string of the molecule is CCC(C)NC(=O)COc1ccc(C)cc1[C@@H](C)N. The zero-order valence-corrected chi connectivity index (χ0v) is 12.2. The van der Waals surface area contributed by atoms with E-state index in [-0.39, 0.29) is 24.6 Å². The van der Waals surface area contributed by atoms with E-state index in [0.717, 1.165) is 17.5 Å². The van der Waals surface area contributed by atoms with Gasteiger partial charge in [0.2, 0.25) is 0 Å². The van der Waals surface area contributed by atoms with E-state index in [1.54, 1.807) is 0 Å². The van der Waals surface area contributed by atoms with E-state index in [1.165, 1.54) is 0 Å². The summed E-state index contributed by atoms with van der Waals surface area (Å²) in [6, 6.07) is 5.86. The van der Waals surface area contributed by atoms with Crippen molar-refractivity contribution >= 4 is 5.91 Å². The average Bonchev–Trinajstić information content (AvgIpc) is 2.36. The molecule has 1 aromatic carbocycles. The second kappa shape index (κ2) is 7.14. The molecule has 0 bridgehead atoms. The van der Waals surface area contributed by atoms with Crippen LogP contribution in [0.4, 0.5) is 0 Å². The van der Waals surface area contributed by atoms with Crippen LogP contribution >= 0.6 is 0 Å². The van der Waals surface area contributed by atoms with Crippen molar-refractivity contribution in [2.75, 3.05) is 6.61 Å². The number of aryl methyl sites for hydroxylation is 1. The molecule has 2 atom stereocenters. The van der Waals surface area contributed by atoms with Crippen molar-refractivity contribution in [1.82, 2.24) is 5.32 Å². The second-order valence-corrected chi connectivity index (χ2v) is 5.00. The number of nitrogens with two attached hydrogens (primary N) is 1. The van der Waals surface area contributed by atoms with Crippen LogP contribution < -0.4 is 15.8 Å². The van der Waals surface area contributed by atoms with Gasteiger partial charge in [0, 0.05) is 17.6 Å². The summed E-state index contributed by atoms with van der Waals surface area (Å²) in [4.78, 5) is 11.7. The highest BCUT2D eigenvalue weighted by Gasteiger charge is 2.11. The van der Waals surface area contributed by atoms with E-state index in [2.05, 4.69) is 5.32 Å². The summed E-state index contributed by atoms with van der Waals surface area (Å²) < 4.78 is 5.57. The van der Waals surface area contributed by atoms with Crippen molar-refractivity contribution in [2.45, 2.75) is 46.2 Å². The Morgan fingerprint density at radius 3 is 2.68 bits per heavy atom. The number of carbonyl (C=O) groups is 1. The van der Waals surface area contributed by atoms with Crippen molar-refractivity contribution in [3.63, 3.8) is 0 Å². The second-order valence-electron chi connectivity index (χ2n) is 5.00. The third-order valence-electron chi connectivity index (χ3n) is 3.03. The lowest BCUT2D eigenvalue weighted by Crippen LogP contribution is -2.35. The Morgan fingerprint density at radius 2 is 2.11 bits per heavy atom. The van der Waals surface area contributed by atoms with Crippen molar-refractivity contribution in [3.05, 3.63) is 29.3 Å². The molecule has 0 heterocycles. The summed E-state index contributed by atoms with van der Waals surface area (Å²) in [5.74, 6) is 0.574. The molecule has 0 aliphatic heterocycles. The van der Waals surface area contributed by atoms with Gasteiger partial charge in [0.1, 0.15) is 5.75 Å². The first-order valence-electron chi connectivity index (χ1n) is 6.72. The zero-order valence-electron chi connectivity index (χ0n) is 12.2. The normalized spacial score (nSPS) is 13.7. The lowest BCUT2D eigenvalue weighted by atomic mass is 10.1. The summed E-state index contributed by atoms with van der Waals surface area (Å²) in [5, 5.41) is 2.86. The maximum Gasteiger partial charge on any atom is 0.258 e. The number of benzene rings is 1. The molecule has 0 saturated heterocycles. The molecule has 0 fully saturated rings. The lowest BCUT2D eigenvalue weighted by molar-refractivity contribution is -0.123. The van der Waals surface area contributed by atoms with Crippen molar-refractivity contribution in [2.24, 2.45) is 5.73 Å². The minimum Gasteiger partial charge on any atom is -0.483 e. The van der Waals surface area contributed by atoms with Gasteiger partial charge in [-0.05, 0) is 33.3 Å². The fraction of sp³-hybridized carbons (Fsp3) is 0.533. The first-order valence-corrected chi connectivity index (χ1v) is 6.72. The van der Waals surface area contributed by atoms with Gasteiger partial charge in [0.05, 0.1) is 0 Å². The lowest BCUT2D eigenvalue weighted by Gasteiger charge is -2.16. The molecule has 0 saturated carbocycles. The molecular formula is C15H24N2O2. The van der Waals surface area contributed by atoms with E-state index < -0.39 is 0 Å². The van der Waals surface area contributed by atoms with Crippen molar-refractivity contribution < 1.29 is 9.53 Å². The van der Waals surface area contributed by atoms with Gasteiger partial charge in [-0.25, -0.2) is 0 Å². The first kappa shape index (κ1) is 15.5. The number of carbonyl (C=O) groups excluding carboxylic acids is 1. The van der Waals surface area contributed by atoms with E-state index in [0.29, 0.717) is 5.75 Å². The Labute approximate surface area is 115 Å². The van der Waals surface area contributed by atoms with E-state index in [9.17, 15) is 4.79 Å². The minimum absolute atomic E-state index is 0.0210. The summed E-state index contributed by atoms with van der Waals surface area (Å²) in [6.45, 7) is 7.93. The van der Waals surface area contributed by atoms with Crippen LogP contribution in [0.15, 0.2) is 18.2 Å². The molecule has 3 N–H and O–H groups in total. The maximum atomic E-state index is 11.7. The van der Waals surface area contributed by atoms with E-state index in [1.807, 2.05) is 45.9 Å². The van der Waals surface area contributed by atoms with Crippen molar-refractivity contribution in [1.29, 1.82) is 0 Å². The number of nitrogens with one attached hydrogen (secondary N) is 1. The molecule has 1 unspecified atom stereocenters. The van der Waals surface area contributed by atoms with Crippen LogP contribution in [0.5, 0.6) is 5.75 Å². The van der Waals surface area contributed by atoms with Gasteiger partial charge in [0.25, 0.3) is 5.91 Å². The summed E-state index contributed by atoms with van der Waals surface area (Å²) in [6.07, 6.45) is 0.904. The number of ether oxygens (including phenoxy) is 1. The van der Waals surface area contributed by atoms with Crippen molar-refractivity contribution in [3.8, 4) is 5.75 Å². The molecule has 0 spiro atoms. The Hall–Kier alpha value is -1.55. The van der Waals surface area contributed by atoms with Gasteiger partial charge >= 0.3 is 0 Å². The molecule has 1 rings (SSSR count). The fourth-order valence-corrected chi connectivity index (χ4v) is 1.72. The van der Waals surface area contributed by atoms with Gasteiger partial charge in [-0.3, -0.25) is 4.79 Å². The smallest absolute Gasteiger partial charge is 0.258 e. The van der Waals surface area contributed by atoms with Gasteiger partial charge in [-0.1, -0.05) is 24.6 Å². The molecule has 19 heavy (non-hydrogen) atoms. The van der Waals surface area contributed by atoms with Crippen LogP contribution in [0.25, 0.3) is 0 Å². The molecule has 1 amide bonds. The summed E-state index contributed by atoms with van der Waals surface area (Å²) in [5.41, 5.74) is 7.97. The molecule has 4 nitrogen and oxygen atoms in total. The maximum absolute atomic E-state index is 11.7. The van der Waals surface area contributed by atoms with Crippen LogP contribution in [0.3, 0.4) is 0 Å². The van der Waals surface area contributed by atoms with E-state index >= 15 is 0 Å². The first-order chi connectivity index (χ1) is 8.93. The standard InChI is InChI=1S/C15H24N2O2/c1-5-11(3)17-15(18)9-19-14-7-6-10(2)8-13(14)12(4)16/h6-8,11-12H,5,9,16H2,1-4H3,(H,17,18)/t11?,12-/m1/s1. The Balaban J connectivity index is 2.65. The Bertz CT molecular complexity index is 430. The molecule has 4 heteroatoms. The highest BCUT2D eigenvalue weighted by Crippen LogP contribution is 2.24. The van der Waals surface area contributed by atoms with Gasteiger partial charge in [0.15, 0.2) is 6.61 Å². The number of rotatable bonds is 6. The molecular weight excluding hydrogens is 240 g/mol. The summed E-state index contributed by atoms with van der Waals surface area (Å²) >= 11 is 0. The Morgan fingerprint density at radius 1 is 1.42 bits per heavy atom. The van der Waals surface area contributed by atoms with Gasteiger partial charge < -0.3 is 15.8 Å². The molecule has 1 aromatic rings. The third kappa shape index (κ3) is 4.91. The van der Waals surface area contributed by atoms with Gasteiger partial charge in [-0.15, -0.1) is 0 Å². The highest BCUT2D eigenvalue weighted by atomic mass is 16.5. The van der Waals surface area contributed by atoms with Crippen LogP contribution in [-0.2, 0) is 4.79 Å². The zero-order chi connectivity index (χ0) is 14.4. The topological polar surface area (TPSA) is 64.3 Å². The van der Waals surface area contributed by atoms with Crippen LogP contribution in [0.2, 0.25) is 0 Å². The molecule has 106 valence electrons. The highest BCUT2D eigenvalue weighted by molar-refractivity contribution is 5.77. The number of amides is 1. The third-order valence-corrected chi connectivity index (χ3v) is 3.03. The quantitative estimate of drug-likeness (QED) is 0.828. The fourth-order valence-electron chi connectivity index (χ4n) is 1.72. The monoisotopic (exact) mass is 264 g/mol. The molecule has 0 aromatic heterocycles. The van der Waals surface area contributed by atoms with E-state index in [4.69, 9.17) is 10.5 Å². The van der Waals surface area contributed by atoms with Crippen LogP contribution in [-0.4, -0.2) is 18.6 Å². The minimum atomic E-state index is -0.118. The predicted molar refractivity (Wildman–Crippen MR) is 77.2 cm³/mol. The van der Waals surface area contributed by atoms with Crippen LogP contribution in [0.1, 0.15) is 44.4 Å². The Kier molecular flexibility index (Phi) is 5.83. The number of hydrogen-bond donors (Lipinski definition) is 2. The molecule has 0 radical (unpaired) electrons. The predicted octanol–water partition coefficient (Wildman–Crippen LogP) is 2.31. The largest absolute Gasteiger partial charge is 0.483 e. The summed E-state index contributed by atoms with van der Waals surface area (Å²) in [7, 11) is 0. The molecule has 0 aliphatic rings. The number of hydrogen-bond acceptors (Lipinski definition) is 3.